The number of H-pyrrole nitrogens is 2. The molecule has 2 aromatic rings. The van der Waals surface area contributed by atoms with E-state index in [-0.39, 0.29) is 17.6 Å². The molecule has 0 atom stereocenters. The van der Waals surface area contributed by atoms with Crippen LogP contribution in [0.2, 0.25) is 0 Å². The molecule has 0 unspecified atom stereocenters. The van der Waals surface area contributed by atoms with E-state index in [1.54, 1.807) is 18.2 Å². The van der Waals surface area contributed by atoms with Crippen LogP contribution in [-0.4, -0.2) is 47.5 Å². The van der Waals surface area contributed by atoms with Crippen molar-refractivity contribution in [3.63, 3.8) is 0 Å². The highest BCUT2D eigenvalue weighted by Gasteiger charge is 2.23. The summed E-state index contributed by atoms with van der Waals surface area (Å²) >= 11 is 0. The predicted octanol–water partition coefficient (Wildman–Crippen LogP) is 1.71. The standard InChI is InChI=1S/C17H24N4O2/c1-21(2)10-11-3-6-13(7-4-11)18-16(22)12-5-8-14-15(9-12)20-17(23)19-14/h5,8-9,11,13H,3-4,6-7,10H2,1-2H3,(H,18,22)(H2,19,20,23). The fourth-order valence-corrected chi connectivity index (χ4v) is 3.45. The van der Waals surface area contributed by atoms with Crippen molar-refractivity contribution >= 4 is 16.9 Å². The van der Waals surface area contributed by atoms with Gasteiger partial charge in [-0.25, -0.2) is 4.79 Å². The van der Waals surface area contributed by atoms with E-state index in [4.69, 9.17) is 0 Å². The van der Waals surface area contributed by atoms with Crippen molar-refractivity contribution < 1.29 is 4.79 Å². The van der Waals surface area contributed by atoms with E-state index in [0.717, 1.165) is 43.7 Å². The quantitative estimate of drug-likeness (QED) is 0.803. The van der Waals surface area contributed by atoms with Crippen molar-refractivity contribution in [2.45, 2.75) is 31.7 Å². The third-order valence-electron chi connectivity index (χ3n) is 4.58. The van der Waals surface area contributed by atoms with Gasteiger partial charge in [-0.05, 0) is 63.9 Å². The number of nitrogens with zero attached hydrogens (tertiary/aromatic N) is 1. The zero-order valence-electron chi connectivity index (χ0n) is 13.7. The lowest BCUT2D eigenvalue weighted by Crippen LogP contribution is -2.39. The minimum absolute atomic E-state index is 0.0648. The van der Waals surface area contributed by atoms with E-state index in [2.05, 4.69) is 34.3 Å². The lowest BCUT2D eigenvalue weighted by molar-refractivity contribution is 0.0919. The third-order valence-corrected chi connectivity index (χ3v) is 4.58. The molecule has 0 saturated heterocycles. The SMILES string of the molecule is CN(C)CC1CCC(NC(=O)c2ccc3[nH]c(=O)[nH]c3c2)CC1. The first-order valence-corrected chi connectivity index (χ1v) is 8.19. The highest BCUT2D eigenvalue weighted by Crippen LogP contribution is 2.25. The van der Waals surface area contributed by atoms with Crippen molar-refractivity contribution in [1.29, 1.82) is 0 Å². The molecule has 1 aromatic heterocycles. The number of rotatable bonds is 4. The monoisotopic (exact) mass is 316 g/mol. The second-order valence-corrected chi connectivity index (χ2v) is 6.79. The van der Waals surface area contributed by atoms with Gasteiger partial charge in [0, 0.05) is 18.2 Å². The summed E-state index contributed by atoms with van der Waals surface area (Å²) in [6.07, 6.45) is 4.39. The Morgan fingerprint density at radius 1 is 1.17 bits per heavy atom. The van der Waals surface area contributed by atoms with Crippen LogP contribution in [0.3, 0.4) is 0 Å². The minimum atomic E-state index is -0.253. The van der Waals surface area contributed by atoms with Crippen LogP contribution in [-0.2, 0) is 0 Å². The maximum absolute atomic E-state index is 12.4. The van der Waals surface area contributed by atoms with E-state index >= 15 is 0 Å². The van der Waals surface area contributed by atoms with Crippen molar-refractivity contribution in [3.05, 3.63) is 34.2 Å². The van der Waals surface area contributed by atoms with Gasteiger partial charge in [-0.2, -0.15) is 0 Å². The molecule has 0 radical (unpaired) electrons. The zero-order chi connectivity index (χ0) is 16.4. The maximum atomic E-state index is 12.4. The Bertz CT molecular complexity index is 738. The van der Waals surface area contributed by atoms with Crippen molar-refractivity contribution in [3.8, 4) is 0 Å². The van der Waals surface area contributed by atoms with Gasteiger partial charge in [0.1, 0.15) is 0 Å². The number of hydrogen-bond donors (Lipinski definition) is 3. The molecular weight excluding hydrogens is 292 g/mol. The maximum Gasteiger partial charge on any atom is 0.323 e. The first-order valence-electron chi connectivity index (χ1n) is 8.19. The largest absolute Gasteiger partial charge is 0.349 e. The summed E-state index contributed by atoms with van der Waals surface area (Å²) in [5.41, 5.74) is 1.72. The fourth-order valence-electron chi connectivity index (χ4n) is 3.45. The first-order chi connectivity index (χ1) is 11.0. The molecule has 6 heteroatoms. The highest BCUT2D eigenvalue weighted by molar-refractivity contribution is 5.97. The van der Waals surface area contributed by atoms with Gasteiger partial charge in [-0.3, -0.25) is 4.79 Å². The summed E-state index contributed by atoms with van der Waals surface area (Å²) in [6, 6.07) is 5.48. The zero-order valence-corrected chi connectivity index (χ0v) is 13.7. The Balaban J connectivity index is 1.59. The minimum Gasteiger partial charge on any atom is -0.349 e. The average Bonchev–Trinajstić information content (AvgIpc) is 2.87. The summed E-state index contributed by atoms with van der Waals surface area (Å²) in [7, 11) is 4.21. The molecule has 124 valence electrons. The lowest BCUT2D eigenvalue weighted by atomic mass is 9.85. The van der Waals surface area contributed by atoms with Gasteiger partial charge in [-0.15, -0.1) is 0 Å². The molecule has 1 aliphatic rings. The molecule has 1 aromatic carbocycles. The van der Waals surface area contributed by atoms with Crippen LogP contribution in [0.15, 0.2) is 23.0 Å². The Kier molecular flexibility index (Phi) is 4.52. The molecule has 1 heterocycles. The molecule has 3 rings (SSSR count). The van der Waals surface area contributed by atoms with Gasteiger partial charge < -0.3 is 20.2 Å². The number of amides is 1. The van der Waals surface area contributed by atoms with Crippen LogP contribution in [0.25, 0.3) is 11.0 Å². The van der Waals surface area contributed by atoms with Gasteiger partial charge in [0.2, 0.25) is 0 Å². The molecule has 1 fully saturated rings. The Labute approximate surface area is 135 Å². The number of imidazole rings is 1. The highest BCUT2D eigenvalue weighted by atomic mass is 16.2. The smallest absolute Gasteiger partial charge is 0.323 e. The summed E-state index contributed by atoms with van der Waals surface area (Å²) in [4.78, 5) is 31.3. The fraction of sp³-hybridized carbons (Fsp3) is 0.529. The molecule has 1 saturated carbocycles. The topological polar surface area (TPSA) is 81.0 Å². The molecule has 1 aliphatic carbocycles. The number of fused-ring (bicyclic) bond motifs is 1. The second-order valence-electron chi connectivity index (χ2n) is 6.79. The third kappa shape index (κ3) is 3.82. The van der Waals surface area contributed by atoms with E-state index in [0.29, 0.717) is 11.1 Å². The summed E-state index contributed by atoms with van der Waals surface area (Å²) in [5.74, 6) is 0.671. The second kappa shape index (κ2) is 6.58. The number of carbonyl (C=O) groups excluding carboxylic acids is 1. The van der Waals surface area contributed by atoms with Gasteiger partial charge >= 0.3 is 5.69 Å². The van der Waals surface area contributed by atoms with Crippen LogP contribution in [0.5, 0.6) is 0 Å². The molecule has 1 amide bonds. The molecular formula is C17H24N4O2. The van der Waals surface area contributed by atoms with E-state index in [1.165, 1.54) is 0 Å². The van der Waals surface area contributed by atoms with Gasteiger partial charge in [0.25, 0.3) is 5.91 Å². The summed E-state index contributed by atoms with van der Waals surface area (Å²) < 4.78 is 0. The van der Waals surface area contributed by atoms with Gasteiger partial charge in [0.15, 0.2) is 0 Å². The van der Waals surface area contributed by atoms with Crippen LogP contribution in [0, 0.1) is 5.92 Å². The Morgan fingerprint density at radius 3 is 2.57 bits per heavy atom. The van der Waals surface area contributed by atoms with Gasteiger partial charge in [0.05, 0.1) is 11.0 Å². The average molecular weight is 316 g/mol. The molecule has 6 nitrogen and oxygen atoms in total. The molecule has 3 N–H and O–H groups in total. The van der Waals surface area contributed by atoms with Crippen molar-refractivity contribution in [2.24, 2.45) is 5.92 Å². The van der Waals surface area contributed by atoms with E-state index < -0.39 is 0 Å². The summed E-state index contributed by atoms with van der Waals surface area (Å²) in [5, 5.41) is 3.13. The van der Waals surface area contributed by atoms with E-state index in [1.807, 2.05) is 0 Å². The van der Waals surface area contributed by atoms with Crippen molar-refractivity contribution in [1.82, 2.24) is 20.2 Å². The van der Waals surface area contributed by atoms with E-state index in [9.17, 15) is 9.59 Å². The summed E-state index contributed by atoms with van der Waals surface area (Å²) in [6.45, 7) is 1.12. The predicted molar refractivity (Wildman–Crippen MR) is 90.7 cm³/mol. The Hall–Kier alpha value is -2.08. The molecule has 0 bridgehead atoms. The molecule has 0 spiro atoms. The number of carbonyl (C=O) groups is 1. The van der Waals surface area contributed by atoms with Crippen molar-refractivity contribution in [2.75, 3.05) is 20.6 Å². The number of benzene rings is 1. The first kappa shape index (κ1) is 15.8. The van der Waals surface area contributed by atoms with Crippen LogP contribution >= 0.6 is 0 Å². The van der Waals surface area contributed by atoms with Crippen LogP contribution in [0.4, 0.5) is 0 Å². The lowest BCUT2D eigenvalue weighted by Gasteiger charge is -2.30. The van der Waals surface area contributed by atoms with Gasteiger partial charge in [-0.1, -0.05) is 0 Å². The normalized spacial score (nSPS) is 21.7. The Morgan fingerprint density at radius 2 is 1.87 bits per heavy atom. The number of nitrogens with one attached hydrogen (secondary N) is 3. The number of aromatic nitrogens is 2. The molecule has 23 heavy (non-hydrogen) atoms. The number of aromatic amines is 2. The number of hydrogen-bond acceptors (Lipinski definition) is 3. The van der Waals surface area contributed by atoms with Crippen LogP contribution < -0.4 is 11.0 Å². The molecule has 0 aliphatic heterocycles. The van der Waals surface area contributed by atoms with Crippen LogP contribution in [0.1, 0.15) is 36.0 Å².